The zero-order chi connectivity index (χ0) is 14.9. The van der Waals surface area contributed by atoms with Crippen molar-refractivity contribution < 1.29 is 24.5 Å². The molecule has 1 saturated heterocycles. The van der Waals surface area contributed by atoms with Gasteiger partial charge >= 0.3 is 5.97 Å². The van der Waals surface area contributed by atoms with E-state index in [2.05, 4.69) is 0 Å². The molecule has 1 aliphatic rings. The molecule has 1 aliphatic heterocycles. The van der Waals surface area contributed by atoms with E-state index in [0.717, 1.165) is 0 Å². The lowest BCUT2D eigenvalue weighted by atomic mass is 9.94. The van der Waals surface area contributed by atoms with E-state index in [1.54, 1.807) is 24.8 Å². The van der Waals surface area contributed by atoms with Gasteiger partial charge in [-0.05, 0) is 37.6 Å². The van der Waals surface area contributed by atoms with E-state index in [1.165, 1.54) is 12.1 Å². The summed E-state index contributed by atoms with van der Waals surface area (Å²) in [4.78, 5) is 24.3. The Morgan fingerprint density at radius 3 is 2.60 bits per heavy atom. The van der Waals surface area contributed by atoms with Gasteiger partial charge in [0, 0.05) is 5.56 Å². The quantitative estimate of drug-likeness (QED) is 0.859. The van der Waals surface area contributed by atoms with Gasteiger partial charge in [-0.15, -0.1) is 0 Å². The van der Waals surface area contributed by atoms with Crippen LogP contribution in [0.15, 0.2) is 18.2 Å². The Balaban J connectivity index is 1.98. The summed E-state index contributed by atoms with van der Waals surface area (Å²) in [5, 5.41) is 17.9. The van der Waals surface area contributed by atoms with E-state index in [-0.39, 0.29) is 18.3 Å². The number of carboxylic acid groups (broad SMARTS) is 1. The highest BCUT2D eigenvalue weighted by Crippen LogP contribution is 2.27. The second-order valence-corrected chi connectivity index (χ2v) is 5.29. The average Bonchev–Trinajstić information content (AvgIpc) is 2.32. The van der Waals surface area contributed by atoms with E-state index in [0.29, 0.717) is 24.2 Å². The number of carbonyl (C=O) groups is 2. The summed E-state index contributed by atoms with van der Waals surface area (Å²) < 4.78 is 5.26. The Morgan fingerprint density at radius 1 is 1.40 bits per heavy atom. The third kappa shape index (κ3) is 2.91. The van der Waals surface area contributed by atoms with Crippen molar-refractivity contribution in [3.8, 4) is 5.75 Å². The predicted octanol–water partition coefficient (Wildman–Crippen LogP) is 1.02. The van der Waals surface area contributed by atoms with Gasteiger partial charge in [-0.25, -0.2) is 4.79 Å². The van der Waals surface area contributed by atoms with Crippen LogP contribution in [0.1, 0.15) is 22.8 Å². The molecule has 1 aromatic rings. The second kappa shape index (κ2) is 5.13. The maximum absolute atomic E-state index is 12.3. The van der Waals surface area contributed by atoms with Crippen LogP contribution in [0, 0.1) is 6.92 Å². The Labute approximate surface area is 116 Å². The molecule has 1 aromatic carbocycles. The van der Waals surface area contributed by atoms with Gasteiger partial charge in [-0.2, -0.15) is 0 Å². The smallest absolute Gasteiger partial charge is 0.329 e. The number of phenolic OH excluding ortho intramolecular Hbond substituents is 1. The van der Waals surface area contributed by atoms with Crippen LogP contribution in [0.5, 0.6) is 5.75 Å². The number of carbonyl (C=O) groups excluding carboxylic acids is 1. The number of rotatable bonds is 4. The SMILES string of the molecule is Cc1cc(O)ccc1C(=O)N1CC(C)(OCC(=O)O)C1. The van der Waals surface area contributed by atoms with Crippen LogP contribution in [-0.2, 0) is 9.53 Å². The molecule has 2 rings (SSSR count). The number of ether oxygens (including phenoxy) is 1. The summed E-state index contributed by atoms with van der Waals surface area (Å²) in [7, 11) is 0. The standard InChI is InChI=1S/C14H17NO5/c1-9-5-10(16)3-4-11(9)13(19)15-7-14(2,8-15)20-6-12(17)18/h3-5,16H,6-8H2,1-2H3,(H,17,18). The third-order valence-electron chi connectivity index (χ3n) is 3.32. The Morgan fingerprint density at radius 2 is 2.05 bits per heavy atom. The zero-order valence-electron chi connectivity index (χ0n) is 11.4. The molecule has 0 aliphatic carbocycles. The zero-order valence-corrected chi connectivity index (χ0v) is 11.4. The van der Waals surface area contributed by atoms with E-state index in [1.807, 2.05) is 0 Å². The molecule has 1 heterocycles. The largest absolute Gasteiger partial charge is 0.508 e. The van der Waals surface area contributed by atoms with Crippen molar-refractivity contribution in [1.29, 1.82) is 0 Å². The third-order valence-corrected chi connectivity index (χ3v) is 3.32. The van der Waals surface area contributed by atoms with Gasteiger partial charge in [-0.3, -0.25) is 4.79 Å². The van der Waals surface area contributed by atoms with Gasteiger partial charge in [0.25, 0.3) is 5.91 Å². The van der Waals surface area contributed by atoms with Gasteiger partial charge in [0.2, 0.25) is 0 Å². The van der Waals surface area contributed by atoms with E-state index < -0.39 is 11.6 Å². The van der Waals surface area contributed by atoms with Crippen molar-refractivity contribution in [2.45, 2.75) is 19.4 Å². The summed E-state index contributed by atoms with van der Waals surface area (Å²) in [5.41, 5.74) is 0.636. The Bertz CT molecular complexity index is 548. The number of benzene rings is 1. The van der Waals surface area contributed by atoms with E-state index in [4.69, 9.17) is 9.84 Å². The molecule has 108 valence electrons. The van der Waals surface area contributed by atoms with Crippen LogP contribution in [-0.4, -0.2) is 52.3 Å². The van der Waals surface area contributed by atoms with Gasteiger partial charge in [0.1, 0.15) is 18.0 Å². The number of likely N-dealkylation sites (tertiary alicyclic amines) is 1. The minimum absolute atomic E-state index is 0.122. The van der Waals surface area contributed by atoms with E-state index in [9.17, 15) is 14.7 Å². The number of hydrogen-bond donors (Lipinski definition) is 2. The van der Waals surface area contributed by atoms with Crippen molar-refractivity contribution in [2.24, 2.45) is 0 Å². The molecule has 0 atom stereocenters. The normalized spacial score (nSPS) is 16.6. The number of carboxylic acids is 1. The van der Waals surface area contributed by atoms with Crippen molar-refractivity contribution in [1.82, 2.24) is 4.90 Å². The van der Waals surface area contributed by atoms with Gasteiger partial charge in [0.15, 0.2) is 0 Å². The van der Waals surface area contributed by atoms with Crippen LogP contribution >= 0.6 is 0 Å². The van der Waals surface area contributed by atoms with Gasteiger partial charge in [-0.1, -0.05) is 0 Å². The number of aromatic hydroxyl groups is 1. The average molecular weight is 279 g/mol. The van der Waals surface area contributed by atoms with Crippen molar-refractivity contribution in [3.05, 3.63) is 29.3 Å². The van der Waals surface area contributed by atoms with Gasteiger partial charge < -0.3 is 19.8 Å². The maximum Gasteiger partial charge on any atom is 0.329 e. The second-order valence-electron chi connectivity index (χ2n) is 5.29. The fourth-order valence-electron chi connectivity index (χ4n) is 2.29. The molecule has 0 unspecified atom stereocenters. The first-order chi connectivity index (χ1) is 9.31. The molecular formula is C14H17NO5. The van der Waals surface area contributed by atoms with Gasteiger partial charge in [0.05, 0.1) is 13.1 Å². The van der Waals surface area contributed by atoms with E-state index >= 15 is 0 Å². The van der Waals surface area contributed by atoms with Crippen LogP contribution in [0.25, 0.3) is 0 Å². The minimum atomic E-state index is -1.02. The molecule has 6 nitrogen and oxygen atoms in total. The molecule has 6 heteroatoms. The molecule has 0 bridgehead atoms. The molecule has 0 aromatic heterocycles. The molecule has 0 radical (unpaired) electrons. The highest BCUT2D eigenvalue weighted by molar-refractivity contribution is 5.96. The first kappa shape index (κ1) is 14.3. The minimum Gasteiger partial charge on any atom is -0.508 e. The number of aliphatic carboxylic acids is 1. The lowest BCUT2D eigenvalue weighted by Gasteiger charge is -2.47. The van der Waals surface area contributed by atoms with Crippen LogP contribution in [0.2, 0.25) is 0 Å². The fraction of sp³-hybridized carbons (Fsp3) is 0.429. The van der Waals surface area contributed by atoms with Crippen LogP contribution in [0.3, 0.4) is 0 Å². The molecule has 20 heavy (non-hydrogen) atoms. The van der Waals surface area contributed by atoms with Crippen molar-refractivity contribution >= 4 is 11.9 Å². The number of nitrogens with zero attached hydrogens (tertiary/aromatic N) is 1. The lowest BCUT2D eigenvalue weighted by Crippen LogP contribution is -2.63. The van der Waals surface area contributed by atoms with Crippen molar-refractivity contribution in [3.63, 3.8) is 0 Å². The number of hydrogen-bond acceptors (Lipinski definition) is 4. The highest BCUT2D eigenvalue weighted by Gasteiger charge is 2.43. The summed E-state index contributed by atoms with van der Waals surface area (Å²) in [6.07, 6.45) is 0. The topological polar surface area (TPSA) is 87.1 Å². The summed E-state index contributed by atoms with van der Waals surface area (Å²) in [5.74, 6) is -1.04. The number of phenols is 1. The first-order valence-electron chi connectivity index (χ1n) is 6.25. The number of amides is 1. The molecule has 1 fully saturated rings. The Kier molecular flexibility index (Phi) is 3.67. The van der Waals surface area contributed by atoms with Crippen LogP contribution < -0.4 is 0 Å². The number of aryl methyl sites for hydroxylation is 1. The molecule has 2 N–H and O–H groups in total. The molecule has 1 amide bonds. The highest BCUT2D eigenvalue weighted by atomic mass is 16.5. The monoisotopic (exact) mass is 279 g/mol. The summed E-state index contributed by atoms with van der Waals surface area (Å²) in [6.45, 7) is 3.89. The molecule has 0 saturated carbocycles. The Hall–Kier alpha value is -2.08. The summed E-state index contributed by atoms with van der Waals surface area (Å²) in [6, 6.07) is 4.59. The molecular weight excluding hydrogens is 262 g/mol. The van der Waals surface area contributed by atoms with Crippen molar-refractivity contribution in [2.75, 3.05) is 19.7 Å². The molecule has 0 spiro atoms. The first-order valence-corrected chi connectivity index (χ1v) is 6.25. The van der Waals surface area contributed by atoms with Crippen LogP contribution in [0.4, 0.5) is 0 Å². The summed E-state index contributed by atoms with van der Waals surface area (Å²) >= 11 is 0. The maximum atomic E-state index is 12.3. The lowest BCUT2D eigenvalue weighted by molar-refractivity contribution is -0.159. The predicted molar refractivity (Wildman–Crippen MR) is 70.7 cm³/mol. The fourth-order valence-corrected chi connectivity index (χ4v) is 2.29.